The van der Waals surface area contributed by atoms with Crippen LogP contribution in [0.25, 0.3) is 0 Å². The minimum Gasteiger partial charge on any atom is -0.480 e. The van der Waals surface area contributed by atoms with Crippen molar-refractivity contribution in [1.82, 2.24) is 31.5 Å². The molecule has 6 amide bonds. The van der Waals surface area contributed by atoms with Gasteiger partial charge in [0.1, 0.15) is 42.3 Å². The summed E-state index contributed by atoms with van der Waals surface area (Å²) in [6, 6.07) is -8.20. The molecule has 1 saturated heterocycles. The number of nitrogens with zero attached hydrogens (tertiary/aromatic N) is 3. The predicted molar refractivity (Wildman–Crippen MR) is 216 cm³/mol. The molecule has 1 aliphatic rings. The van der Waals surface area contributed by atoms with Crippen LogP contribution in [0.3, 0.4) is 0 Å². The summed E-state index contributed by atoms with van der Waals surface area (Å²) < 4.78 is 0. The van der Waals surface area contributed by atoms with E-state index in [1.165, 1.54) is 4.90 Å². The Hall–Kier alpha value is -5.25. The molecule has 17 N–H and O–H groups in total. The van der Waals surface area contributed by atoms with Crippen molar-refractivity contribution < 1.29 is 43.8 Å². The predicted octanol–water partition coefficient (Wildman–Crippen LogP) is -3.73. The van der Waals surface area contributed by atoms with Crippen molar-refractivity contribution in [2.75, 3.05) is 26.2 Å². The zero-order chi connectivity index (χ0) is 44.3. The molecule has 7 atom stereocenters. The maximum atomic E-state index is 14.2. The number of aliphatic hydroxyl groups is 1. The van der Waals surface area contributed by atoms with E-state index in [2.05, 4.69) is 36.6 Å². The van der Waals surface area contributed by atoms with Gasteiger partial charge in [0.2, 0.25) is 35.4 Å². The first-order chi connectivity index (χ1) is 27.1. The van der Waals surface area contributed by atoms with Crippen molar-refractivity contribution in [1.29, 1.82) is 0 Å². The van der Waals surface area contributed by atoms with Gasteiger partial charge in [-0.2, -0.15) is 0 Å². The van der Waals surface area contributed by atoms with Crippen molar-refractivity contribution in [3.05, 3.63) is 0 Å². The summed E-state index contributed by atoms with van der Waals surface area (Å²) in [4.78, 5) is 102. The Morgan fingerprint density at radius 1 is 0.690 bits per heavy atom. The fraction of sp³-hybridized carbons (Fsp3) is 0.750. The van der Waals surface area contributed by atoms with Crippen LogP contribution >= 0.6 is 0 Å². The highest BCUT2D eigenvalue weighted by Gasteiger charge is 2.40. The lowest BCUT2D eigenvalue weighted by Gasteiger charge is -2.31. The van der Waals surface area contributed by atoms with Gasteiger partial charge in [-0.25, -0.2) is 4.79 Å². The van der Waals surface area contributed by atoms with Crippen molar-refractivity contribution >= 4 is 53.3 Å². The van der Waals surface area contributed by atoms with Crippen LogP contribution in [0.2, 0.25) is 0 Å². The Morgan fingerprint density at radius 3 is 1.67 bits per heavy atom. The van der Waals surface area contributed by atoms with E-state index in [-0.39, 0.29) is 76.0 Å². The number of rotatable bonds is 25. The van der Waals surface area contributed by atoms with Crippen molar-refractivity contribution in [3.8, 4) is 0 Å². The summed E-state index contributed by atoms with van der Waals surface area (Å²) in [5.41, 5.74) is 27.4. The smallest absolute Gasteiger partial charge is 0.326 e. The Morgan fingerprint density at radius 2 is 1.19 bits per heavy atom. The van der Waals surface area contributed by atoms with E-state index in [1.54, 1.807) is 27.7 Å². The van der Waals surface area contributed by atoms with E-state index < -0.39 is 102 Å². The fourth-order valence-corrected chi connectivity index (χ4v) is 6.19. The molecular weight excluding hydrogens is 758 g/mol. The standard InChI is InChI=1S/C36H67N13O9/c1-18(2)16-24(30(53)47-26(19(3)4)32(55)48-27(20(5)6)34(57)58)46-31(54)25-12-9-15-49(25)33(56)23(11-8-14-43-36(40)41)45-29(52)22(10-7-13-42-35(38)39)44-28(51)21(37)17-50/h18-27,50H,7-17,37H2,1-6H3,(H,44,51)(H,45,52)(H,46,54)(H,47,53)(H,48,55)(H,57,58)(H4,38,39,42)(H4,40,41,43)/t21-,22-,23-,24-,25-,26-,27-/m0/s1. The number of hydrogen-bond acceptors (Lipinski definition) is 11. The summed E-state index contributed by atoms with van der Waals surface area (Å²) in [6.07, 6.45) is 1.40. The van der Waals surface area contributed by atoms with E-state index in [0.717, 1.165) is 0 Å². The van der Waals surface area contributed by atoms with Gasteiger partial charge in [-0.15, -0.1) is 0 Å². The van der Waals surface area contributed by atoms with Crippen molar-refractivity contribution in [3.63, 3.8) is 0 Å². The SMILES string of the molecule is CC(C)C[C@H](NC(=O)[C@@H]1CCCN1C(=O)[C@H](CCCN=C(N)N)NC(=O)[C@H](CCCN=C(N)N)NC(=O)[C@@H](N)CO)C(=O)N[C@H](C(=O)N[C@H](C(=O)O)C(C)C)C(C)C. The fourth-order valence-electron chi connectivity index (χ4n) is 6.19. The van der Waals surface area contributed by atoms with E-state index in [9.17, 15) is 43.8 Å². The minimum absolute atomic E-state index is 0.0344. The van der Waals surface area contributed by atoms with Crippen molar-refractivity contribution in [2.45, 2.75) is 129 Å². The zero-order valence-corrected chi connectivity index (χ0v) is 34.5. The van der Waals surface area contributed by atoms with Crippen LogP contribution in [-0.2, 0) is 33.6 Å². The Bertz CT molecular complexity index is 1470. The maximum absolute atomic E-state index is 14.2. The van der Waals surface area contributed by atoms with Crippen LogP contribution in [-0.4, -0.2) is 137 Å². The molecule has 0 aliphatic carbocycles. The number of nitrogens with two attached hydrogens (primary N) is 5. The topological polar surface area (TPSA) is 378 Å². The second-order valence-corrected chi connectivity index (χ2v) is 15.5. The second kappa shape index (κ2) is 25.2. The Balaban J connectivity index is 3.35. The number of aliphatic imine (C=N–C) groups is 2. The minimum atomic E-state index is -1.32. The number of carbonyl (C=O) groups is 7. The molecule has 58 heavy (non-hydrogen) atoms. The van der Waals surface area contributed by atoms with Crippen LogP contribution < -0.4 is 55.3 Å². The van der Waals surface area contributed by atoms with Gasteiger partial charge in [-0.3, -0.25) is 38.8 Å². The van der Waals surface area contributed by atoms with Crippen LogP contribution in [0.1, 0.15) is 86.5 Å². The summed E-state index contributed by atoms with van der Waals surface area (Å²) in [5, 5.41) is 32.1. The highest BCUT2D eigenvalue weighted by atomic mass is 16.4. The molecule has 1 fully saturated rings. The van der Waals surface area contributed by atoms with E-state index in [0.29, 0.717) is 6.42 Å². The van der Waals surface area contributed by atoms with Gasteiger partial charge in [0, 0.05) is 19.6 Å². The molecule has 1 aliphatic heterocycles. The summed E-state index contributed by atoms with van der Waals surface area (Å²) in [7, 11) is 0. The van der Waals surface area contributed by atoms with Gasteiger partial charge < -0.3 is 70.4 Å². The zero-order valence-electron chi connectivity index (χ0n) is 34.5. The van der Waals surface area contributed by atoms with Gasteiger partial charge in [-0.1, -0.05) is 41.5 Å². The largest absolute Gasteiger partial charge is 0.480 e. The molecule has 330 valence electrons. The first-order valence-electron chi connectivity index (χ1n) is 19.6. The first-order valence-corrected chi connectivity index (χ1v) is 19.6. The quantitative estimate of drug-likeness (QED) is 0.0239. The molecule has 0 saturated carbocycles. The third-order valence-corrected chi connectivity index (χ3v) is 9.33. The molecule has 0 aromatic carbocycles. The van der Waals surface area contributed by atoms with Crippen molar-refractivity contribution in [2.24, 2.45) is 56.4 Å². The number of carbonyl (C=O) groups excluding carboxylic acids is 6. The number of aliphatic carboxylic acids is 1. The number of carboxylic acid groups (broad SMARTS) is 1. The third kappa shape index (κ3) is 17.5. The third-order valence-electron chi connectivity index (χ3n) is 9.33. The normalized spacial score (nSPS) is 16.9. The molecule has 1 heterocycles. The van der Waals surface area contributed by atoms with Gasteiger partial charge in [0.05, 0.1) is 6.61 Å². The lowest BCUT2D eigenvalue weighted by molar-refractivity contribution is -0.144. The Labute approximate surface area is 339 Å². The number of hydrogen-bond donors (Lipinski definition) is 12. The molecule has 22 nitrogen and oxygen atoms in total. The van der Waals surface area contributed by atoms with Gasteiger partial charge in [-0.05, 0) is 62.7 Å². The second-order valence-electron chi connectivity index (χ2n) is 15.5. The van der Waals surface area contributed by atoms with Crippen LogP contribution in [0.5, 0.6) is 0 Å². The molecule has 0 aromatic heterocycles. The molecule has 22 heteroatoms. The summed E-state index contributed by atoms with van der Waals surface area (Å²) in [5.74, 6) is -6.67. The molecule has 0 bridgehead atoms. The monoisotopic (exact) mass is 826 g/mol. The Kier molecular flexibility index (Phi) is 22.0. The lowest BCUT2D eigenvalue weighted by atomic mass is 9.98. The van der Waals surface area contributed by atoms with Crippen LogP contribution in [0.4, 0.5) is 0 Å². The van der Waals surface area contributed by atoms with Gasteiger partial charge in [0.15, 0.2) is 11.9 Å². The first kappa shape index (κ1) is 50.8. The number of carboxylic acids is 1. The van der Waals surface area contributed by atoms with Crippen LogP contribution in [0.15, 0.2) is 9.98 Å². The van der Waals surface area contributed by atoms with Gasteiger partial charge >= 0.3 is 5.97 Å². The van der Waals surface area contributed by atoms with Crippen LogP contribution in [0, 0.1) is 17.8 Å². The highest BCUT2D eigenvalue weighted by molar-refractivity contribution is 5.97. The molecule has 1 rings (SSSR count). The number of aliphatic hydroxyl groups excluding tert-OH is 1. The molecule has 0 spiro atoms. The van der Waals surface area contributed by atoms with E-state index in [4.69, 9.17) is 28.7 Å². The average molecular weight is 826 g/mol. The number of nitrogens with one attached hydrogen (secondary N) is 5. The summed E-state index contributed by atoms with van der Waals surface area (Å²) >= 11 is 0. The molecule has 0 unspecified atom stereocenters. The number of amides is 6. The number of guanidine groups is 2. The lowest BCUT2D eigenvalue weighted by Crippen LogP contribution is -2.60. The number of likely N-dealkylation sites (tertiary alicyclic amines) is 1. The maximum Gasteiger partial charge on any atom is 0.326 e. The van der Waals surface area contributed by atoms with E-state index in [1.807, 2.05) is 13.8 Å². The van der Waals surface area contributed by atoms with Gasteiger partial charge in [0.25, 0.3) is 0 Å². The summed E-state index contributed by atoms with van der Waals surface area (Å²) in [6.45, 7) is 10.1. The average Bonchev–Trinajstić information content (AvgIpc) is 3.63. The highest BCUT2D eigenvalue weighted by Crippen LogP contribution is 2.21. The molecule has 0 aromatic rings. The molecular formula is C36H67N13O9. The van der Waals surface area contributed by atoms with E-state index >= 15 is 0 Å². The molecule has 0 radical (unpaired) electrons.